The van der Waals surface area contributed by atoms with Gasteiger partial charge in [-0.2, -0.15) is 0 Å². The molecule has 6 nitrogen and oxygen atoms in total. The number of rotatable bonds is 6. The Bertz CT molecular complexity index is 801. The zero-order valence-electron chi connectivity index (χ0n) is 15.7. The molecule has 1 aliphatic carbocycles. The third-order valence-electron chi connectivity index (χ3n) is 4.33. The van der Waals surface area contributed by atoms with E-state index in [-0.39, 0.29) is 28.4 Å². The first-order chi connectivity index (χ1) is 12.3. The molecule has 2 amide bonds. The van der Waals surface area contributed by atoms with Crippen LogP contribution in [0.15, 0.2) is 36.4 Å². The van der Waals surface area contributed by atoms with Gasteiger partial charge in [0.1, 0.15) is 11.8 Å². The first-order valence-electron chi connectivity index (χ1n) is 8.87. The van der Waals surface area contributed by atoms with Crippen LogP contribution >= 0.6 is 0 Å². The number of hydrogen-bond acceptors (Lipinski definition) is 3. The van der Waals surface area contributed by atoms with Crippen molar-refractivity contribution in [2.75, 3.05) is 21.1 Å². The summed E-state index contributed by atoms with van der Waals surface area (Å²) in [5.41, 5.74) is 1.67. The fourth-order valence-electron chi connectivity index (χ4n) is 2.62. The van der Waals surface area contributed by atoms with Gasteiger partial charge in [-0.3, -0.25) is 9.28 Å². The van der Waals surface area contributed by atoms with E-state index >= 15 is 0 Å². The fourth-order valence-corrected chi connectivity index (χ4v) is 2.62. The lowest BCUT2D eigenvalue weighted by molar-refractivity contribution is -0.785. The summed E-state index contributed by atoms with van der Waals surface area (Å²) in [7, 11) is 5.37. The van der Waals surface area contributed by atoms with Crippen molar-refractivity contribution in [3.8, 4) is 5.75 Å². The molecule has 1 aromatic carbocycles. The SMILES string of the molecule is CC(Oc1cc(C(=O)NC2CC2)[nH]c1C(=O)[N+](C)(C)C)c1ccccc1. The largest absolute Gasteiger partial charge is 0.483 e. The number of H-pyrrole nitrogens is 1. The van der Waals surface area contributed by atoms with Crippen LogP contribution in [0.2, 0.25) is 0 Å². The predicted octanol–water partition coefficient (Wildman–Crippen LogP) is 2.89. The van der Waals surface area contributed by atoms with Crippen LogP contribution in [0.25, 0.3) is 0 Å². The second-order valence-electron chi connectivity index (χ2n) is 7.66. The number of aromatic amines is 1. The molecule has 0 radical (unpaired) electrons. The van der Waals surface area contributed by atoms with Gasteiger partial charge in [0.2, 0.25) is 0 Å². The molecular weight excluding hydrogens is 330 g/mol. The number of nitrogens with one attached hydrogen (secondary N) is 2. The summed E-state index contributed by atoms with van der Waals surface area (Å²) >= 11 is 0. The van der Waals surface area contributed by atoms with E-state index in [1.807, 2.05) is 37.3 Å². The summed E-state index contributed by atoms with van der Waals surface area (Å²) in [6, 6.07) is 11.6. The maximum absolute atomic E-state index is 12.8. The van der Waals surface area contributed by atoms with E-state index in [1.54, 1.807) is 27.2 Å². The van der Waals surface area contributed by atoms with Crippen LogP contribution in [0.5, 0.6) is 5.75 Å². The summed E-state index contributed by atoms with van der Waals surface area (Å²) in [5, 5.41) is 2.93. The molecule has 1 atom stereocenters. The normalized spacial score (nSPS) is 15.4. The highest BCUT2D eigenvalue weighted by Crippen LogP contribution is 2.28. The van der Waals surface area contributed by atoms with Crippen molar-refractivity contribution in [1.82, 2.24) is 10.3 Å². The number of amides is 2. The molecule has 0 aliphatic heterocycles. The van der Waals surface area contributed by atoms with Crippen LogP contribution in [-0.4, -0.2) is 48.5 Å². The van der Waals surface area contributed by atoms with Gasteiger partial charge in [-0.1, -0.05) is 30.3 Å². The van der Waals surface area contributed by atoms with Crippen molar-refractivity contribution in [2.45, 2.75) is 31.9 Å². The number of carbonyl (C=O) groups excluding carboxylic acids is 2. The van der Waals surface area contributed by atoms with Gasteiger partial charge in [-0.25, -0.2) is 4.79 Å². The third kappa shape index (κ3) is 4.14. The van der Waals surface area contributed by atoms with Crippen molar-refractivity contribution in [1.29, 1.82) is 0 Å². The topological polar surface area (TPSA) is 71.2 Å². The molecule has 0 saturated heterocycles. The van der Waals surface area contributed by atoms with Gasteiger partial charge >= 0.3 is 5.91 Å². The average Bonchev–Trinajstić information content (AvgIpc) is 3.31. The monoisotopic (exact) mass is 356 g/mol. The Labute approximate surface area is 153 Å². The summed E-state index contributed by atoms with van der Waals surface area (Å²) in [4.78, 5) is 28.2. The van der Waals surface area contributed by atoms with E-state index < -0.39 is 0 Å². The van der Waals surface area contributed by atoms with E-state index in [2.05, 4.69) is 10.3 Å². The van der Waals surface area contributed by atoms with Crippen molar-refractivity contribution < 1.29 is 18.8 Å². The van der Waals surface area contributed by atoms with Crippen molar-refractivity contribution in [2.24, 2.45) is 0 Å². The Morgan fingerprint density at radius 1 is 1.19 bits per heavy atom. The molecule has 2 aromatic rings. The Kier molecular flexibility index (Phi) is 4.87. The summed E-state index contributed by atoms with van der Waals surface area (Å²) in [6.45, 7) is 1.92. The second kappa shape index (κ2) is 6.96. The molecule has 2 N–H and O–H groups in total. The van der Waals surface area contributed by atoms with Gasteiger partial charge in [0, 0.05) is 12.1 Å². The van der Waals surface area contributed by atoms with E-state index in [0.717, 1.165) is 18.4 Å². The number of benzene rings is 1. The Morgan fingerprint density at radius 3 is 2.42 bits per heavy atom. The Balaban J connectivity index is 1.89. The number of ether oxygens (including phenoxy) is 1. The van der Waals surface area contributed by atoms with Gasteiger partial charge in [0.25, 0.3) is 5.91 Å². The minimum atomic E-state index is -0.245. The molecule has 6 heteroatoms. The maximum Gasteiger partial charge on any atom is 0.365 e. The van der Waals surface area contributed by atoms with E-state index in [0.29, 0.717) is 17.1 Å². The Morgan fingerprint density at radius 2 is 1.85 bits per heavy atom. The molecule has 1 heterocycles. The fraction of sp³-hybridized carbons (Fsp3) is 0.400. The Hall–Kier alpha value is -2.60. The molecule has 1 unspecified atom stereocenters. The van der Waals surface area contributed by atoms with Crippen LogP contribution in [0.1, 0.15) is 52.4 Å². The van der Waals surface area contributed by atoms with Gasteiger partial charge < -0.3 is 15.0 Å². The molecule has 0 bridgehead atoms. The number of hydrogen-bond donors (Lipinski definition) is 2. The van der Waals surface area contributed by atoms with Crippen LogP contribution in [-0.2, 0) is 0 Å². The predicted molar refractivity (Wildman–Crippen MR) is 99.1 cm³/mol. The number of carbonyl (C=O) groups is 2. The van der Waals surface area contributed by atoms with Crippen molar-refractivity contribution >= 4 is 11.8 Å². The third-order valence-corrected chi connectivity index (χ3v) is 4.33. The molecule has 1 aliphatic rings. The number of quaternary nitrogens is 1. The van der Waals surface area contributed by atoms with Crippen LogP contribution in [0, 0.1) is 0 Å². The molecule has 3 rings (SSSR count). The molecular formula is C20H26N3O3+. The van der Waals surface area contributed by atoms with E-state index in [1.165, 1.54) is 0 Å². The summed E-state index contributed by atoms with van der Waals surface area (Å²) < 4.78 is 6.15. The van der Waals surface area contributed by atoms with Gasteiger partial charge in [-0.15, -0.1) is 0 Å². The number of aromatic nitrogens is 1. The molecule has 1 fully saturated rings. The maximum atomic E-state index is 12.8. The van der Waals surface area contributed by atoms with Crippen molar-refractivity contribution in [3.63, 3.8) is 0 Å². The quantitative estimate of drug-likeness (QED) is 0.782. The summed E-state index contributed by atoms with van der Waals surface area (Å²) in [6.07, 6.45) is 1.77. The lowest BCUT2D eigenvalue weighted by Gasteiger charge is -2.21. The van der Waals surface area contributed by atoms with Gasteiger partial charge in [0.15, 0.2) is 11.4 Å². The molecule has 1 aromatic heterocycles. The minimum Gasteiger partial charge on any atom is -0.483 e. The average molecular weight is 356 g/mol. The highest BCUT2D eigenvalue weighted by atomic mass is 16.5. The molecule has 138 valence electrons. The van der Waals surface area contributed by atoms with Crippen LogP contribution in [0.3, 0.4) is 0 Å². The smallest absolute Gasteiger partial charge is 0.365 e. The zero-order chi connectivity index (χ0) is 18.9. The lowest BCUT2D eigenvalue weighted by Crippen LogP contribution is -2.41. The van der Waals surface area contributed by atoms with Crippen LogP contribution < -0.4 is 10.1 Å². The zero-order valence-corrected chi connectivity index (χ0v) is 15.7. The van der Waals surface area contributed by atoms with Gasteiger partial charge in [0.05, 0.1) is 21.1 Å². The standard InChI is InChI=1S/C20H25N3O3/c1-13(14-8-6-5-7-9-14)26-17-12-16(19(24)21-15-10-11-15)22-18(17)20(25)23(2,3)4/h5-9,12-13,15H,10-11H2,1-4H3,(H-,21,22,24,25)/p+1. The van der Waals surface area contributed by atoms with Crippen molar-refractivity contribution in [3.05, 3.63) is 53.3 Å². The number of nitrogens with zero attached hydrogens (tertiary/aromatic N) is 1. The molecule has 26 heavy (non-hydrogen) atoms. The van der Waals surface area contributed by atoms with Crippen LogP contribution in [0.4, 0.5) is 0 Å². The molecule has 1 saturated carbocycles. The first kappa shape index (κ1) is 18.2. The summed E-state index contributed by atoms with van der Waals surface area (Å²) in [5.74, 6) is 0.0521. The molecule has 0 spiro atoms. The highest BCUT2D eigenvalue weighted by molar-refractivity contribution is 5.97. The minimum absolute atomic E-state index is 0.0975. The van der Waals surface area contributed by atoms with Gasteiger partial charge in [-0.05, 0) is 25.3 Å². The lowest BCUT2D eigenvalue weighted by atomic mass is 10.1. The highest BCUT2D eigenvalue weighted by Gasteiger charge is 2.32. The van der Waals surface area contributed by atoms with E-state index in [9.17, 15) is 9.59 Å². The first-order valence-corrected chi connectivity index (χ1v) is 8.87. The second-order valence-corrected chi connectivity index (χ2v) is 7.66. The van der Waals surface area contributed by atoms with E-state index in [4.69, 9.17) is 4.74 Å².